The normalized spacial score (nSPS) is 16.5. The number of rotatable bonds is 7. The van der Waals surface area contributed by atoms with E-state index in [2.05, 4.69) is 272 Å². The lowest BCUT2D eigenvalue weighted by atomic mass is 9.70. The van der Waals surface area contributed by atoms with Crippen LogP contribution in [0.3, 0.4) is 0 Å². The number of hydrogen-bond donors (Lipinski definition) is 0. The minimum atomic E-state index is -0.793. The predicted octanol–water partition coefficient (Wildman–Crippen LogP) is 21.3. The molecule has 13 aromatic rings. The number of hydrogen-bond acceptors (Lipinski definition) is 2. The quantitative estimate of drug-likeness (QED) is 0.157. The maximum Gasteiger partial charge on any atom is 0.0727 e. The van der Waals surface area contributed by atoms with Crippen molar-refractivity contribution in [2.24, 2.45) is 0 Å². The molecule has 0 saturated heterocycles. The van der Waals surface area contributed by atoms with Gasteiger partial charge in [-0.15, -0.1) is 0 Å². The fourth-order valence-corrected chi connectivity index (χ4v) is 16.2. The Morgan fingerprint density at radius 2 is 0.588 bits per heavy atom. The first-order valence-electron chi connectivity index (χ1n) is 32.0. The van der Waals surface area contributed by atoms with Gasteiger partial charge in [0.2, 0.25) is 0 Å². The van der Waals surface area contributed by atoms with Crippen molar-refractivity contribution in [1.29, 1.82) is 0 Å². The third kappa shape index (κ3) is 6.38. The van der Waals surface area contributed by atoms with Crippen molar-refractivity contribution < 1.29 is 6.85 Å². The number of anilines is 6. The van der Waals surface area contributed by atoms with Crippen LogP contribution in [-0.4, -0.2) is 0 Å². The zero-order chi connectivity index (χ0) is 60.5. The first-order valence-corrected chi connectivity index (χ1v) is 29.5. The summed E-state index contributed by atoms with van der Waals surface area (Å²) >= 11 is 0. The van der Waals surface area contributed by atoms with Crippen LogP contribution in [0.15, 0.2) is 303 Å². The molecule has 0 amide bonds. The van der Waals surface area contributed by atoms with Gasteiger partial charge in [0.15, 0.2) is 0 Å². The van der Waals surface area contributed by atoms with E-state index in [4.69, 9.17) is 4.11 Å². The van der Waals surface area contributed by atoms with Crippen molar-refractivity contribution >= 4 is 34.1 Å². The van der Waals surface area contributed by atoms with Crippen LogP contribution in [0.2, 0.25) is 0 Å². The number of nitrogens with zero attached hydrogens (tertiary/aromatic N) is 2. The molecule has 1 unspecified atom stereocenters. The zero-order valence-corrected chi connectivity index (χ0v) is 46.9. The van der Waals surface area contributed by atoms with Crippen LogP contribution in [-0.2, 0) is 16.2 Å². The molecule has 2 spiro atoms. The van der Waals surface area contributed by atoms with Crippen LogP contribution in [0.5, 0.6) is 0 Å². The monoisotopic (exact) mass is 1090 g/mol. The molecule has 18 rings (SSSR count). The molecule has 5 aliphatic rings. The fourth-order valence-electron chi connectivity index (χ4n) is 16.2. The SMILES string of the molecule is [2H]c1c([2H])c([2H])c(-c2ccccc2N(c2ccc3c(c2)C(C)(C)c2ccccc2-3)c2ccc3c(c2)C2(c4ccccc4-c4ccc(N(c5ccccc5)c5ccc6c(c5)-c5ccccc5C65c6ccccc6-c6ccccc65)cc42)c2ccccc2-3)c([2H])c1[2H]. The Morgan fingerprint density at radius 3 is 1.11 bits per heavy atom. The molecule has 0 N–H and O–H groups in total. The topological polar surface area (TPSA) is 6.48 Å². The van der Waals surface area contributed by atoms with Gasteiger partial charge in [-0.3, -0.25) is 0 Å². The molecule has 1 atom stereocenters. The molecule has 398 valence electrons. The molecule has 13 aromatic carbocycles. The van der Waals surface area contributed by atoms with Crippen molar-refractivity contribution in [2.45, 2.75) is 30.1 Å². The standard InChI is InChI=1S/C83H56N2/c1-81(2)70-34-16-9-28-60(70)66-45-42-57(50-77(66)81)85(80-40-22-15-27-59(80)53-23-5-3-6-24-53)58-43-47-68-64-32-13-20-38-74(64)83(79(68)52-58)73-37-19-12-31-63(73)67-46-41-56(51-78(67)83)84(54-25-7-4-8-26-54)55-44-48-76-69(49-55)65-33-14-21-39-75(65)82(76)71-35-17-10-29-61(71)62-30-11-18-36-72(62)82/h3-52H,1-2H3/i3D,5D,6D,23D,24D. The smallest absolute Gasteiger partial charge is 0.0727 e. The molecule has 85 heavy (non-hydrogen) atoms. The van der Waals surface area contributed by atoms with E-state index in [1.807, 2.05) is 24.3 Å². The van der Waals surface area contributed by atoms with E-state index < -0.39 is 16.9 Å². The van der Waals surface area contributed by atoms with Gasteiger partial charge < -0.3 is 9.80 Å². The average Bonchev–Trinajstić information content (AvgIpc) is 1.52. The molecule has 0 aliphatic heterocycles. The molecule has 0 fully saturated rings. The third-order valence-corrected chi connectivity index (χ3v) is 19.6. The predicted molar refractivity (Wildman–Crippen MR) is 351 cm³/mol. The molecule has 0 saturated carbocycles. The van der Waals surface area contributed by atoms with Gasteiger partial charge in [-0.1, -0.05) is 250 Å². The van der Waals surface area contributed by atoms with Gasteiger partial charge in [-0.25, -0.2) is 0 Å². The highest BCUT2D eigenvalue weighted by Gasteiger charge is 2.54. The van der Waals surface area contributed by atoms with E-state index in [9.17, 15) is 2.74 Å². The summed E-state index contributed by atoms with van der Waals surface area (Å²) in [5.41, 5.74) is 29.1. The van der Waals surface area contributed by atoms with Gasteiger partial charge in [0.25, 0.3) is 0 Å². The van der Waals surface area contributed by atoms with Gasteiger partial charge in [-0.2, -0.15) is 0 Å². The summed E-state index contributed by atoms with van der Waals surface area (Å²) < 4.78 is 45.1. The molecule has 2 heteroatoms. The second kappa shape index (κ2) is 17.7. The summed E-state index contributed by atoms with van der Waals surface area (Å²) in [6.45, 7) is 4.58. The van der Waals surface area contributed by atoms with Crippen molar-refractivity contribution in [3.05, 3.63) is 359 Å². The minimum absolute atomic E-state index is 0.149. The maximum atomic E-state index is 9.37. The molecule has 0 radical (unpaired) electrons. The molecule has 5 aliphatic carbocycles. The molecule has 0 heterocycles. The second-order valence-corrected chi connectivity index (χ2v) is 23.8. The van der Waals surface area contributed by atoms with Crippen LogP contribution >= 0.6 is 0 Å². The molecular weight excluding hydrogens is 1020 g/mol. The highest BCUT2D eigenvalue weighted by Crippen LogP contribution is 2.66. The molecular formula is C83H56N2. The van der Waals surface area contributed by atoms with Crippen LogP contribution in [0.25, 0.3) is 66.8 Å². The first-order chi connectivity index (χ1) is 44.0. The molecule has 0 bridgehead atoms. The summed E-state index contributed by atoms with van der Waals surface area (Å²) in [4.78, 5) is 4.69. The minimum Gasteiger partial charge on any atom is -0.310 e. The maximum absolute atomic E-state index is 9.37. The van der Waals surface area contributed by atoms with E-state index in [-0.39, 0.29) is 35.1 Å². The summed E-state index contributed by atoms with van der Waals surface area (Å²) in [7, 11) is 0. The first kappa shape index (κ1) is 43.2. The molecule has 0 aromatic heterocycles. The van der Waals surface area contributed by atoms with Crippen LogP contribution in [0.1, 0.15) is 76.3 Å². The van der Waals surface area contributed by atoms with Crippen LogP contribution < -0.4 is 9.80 Å². The van der Waals surface area contributed by atoms with Gasteiger partial charge >= 0.3 is 0 Å². The van der Waals surface area contributed by atoms with Crippen molar-refractivity contribution in [1.82, 2.24) is 0 Å². The number of fused-ring (bicyclic) bond motifs is 23. The Hall–Kier alpha value is -10.5. The Labute approximate surface area is 503 Å². The van der Waals surface area contributed by atoms with Crippen LogP contribution in [0, 0.1) is 0 Å². The summed E-state index contributed by atoms with van der Waals surface area (Å²) in [5, 5.41) is 0. The largest absolute Gasteiger partial charge is 0.310 e. The lowest BCUT2D eigenvalue weighted by molar-refractivity contribution is 0.660. The highest BCUT2D eigenvalue weighted by molar-refractivity contribution is 6.00. The summed E-state index contributed by atoms with van der Waals surface area (Å²) in [6.07, 6.45) is 0. The highest BCUT2D eigenvalue weighted by atomic mass is 15.2. The van der Waals surface area contributed by atoms with E-state index in [0.29, 0.717) is 11.3 Å². The Balaban J connectivity index is 0.863. The van der Waals surface area contributed by atoms with Crippen molar-refractivity contribution in [3.63, 3.8) is 0 Å². The van der Waals surface area contributed by atoms with Crippen LogP contribution in [0.4, 0.5) is 34.1 Å². The zero-order valence-electron chi connectivity index (χ0n) is 51.9. The van der Waals surface area contributed by atoms with Gasteiger partial charge in [0.05, 0.1) is 23.4 Å². The van der Waals surface area contributed by atoms with E-state index in [0.717, 1.165) is 45.1 Å². The second-order valence-electron chi connectivity index (χ2n) is 23.8. The summed E-state index contributed by atoms with van der Waals surface area (Å²) in [6, 6.07) is 98.2. The molecule has 2 nitrogen and oxygen atoms in total. The summed E-state index contributed by atoms with van der Waals surface area (Å²) in [5.74, 6) is 0. The van der Waals surface area contributed by atoms with E-state index >= 15 is 0 Å². The lowest BCUT2D eigenvalue weighted by Crippen LogP contribution is -2.26. The van der Waals surface area contributed by atoms with Crippen molar-refractivity contribution in [3.8, 4) is 66.8 Å². The van der Waals surface area contributed by atoms with E-state index in [1.54, 1.807) is 0 Å². The van der Waals surface area contributed by atoms with Gasteiger partial charge in [0.1, 0.15) is 0 Å². The van der Waals surface area contributed by atoms with Crippen molar-refractivity contribution in [2.75, 3.05) is 9.80 Å². The lowest BCUT2D eigenvalue weighted by Gasteiger charge is -2.34. The third-order valence-electron chi connectivity index (χ3n) is 19.6. The fraction of sp³-hybridized carbons (Fsp3) is 0.0602. The number of benzene rings is 13. The Morgan fingerprint density at radius 1 is 0.247 bits per heavy atom. The van der Waals surface area contributed by atoms with Gasteiger partial charge in [0, 0.05) is 39.4 Å². The number of para-hydroxylation sites is 2. The van der Waals surface area contributed by atoms with Gasteiger partial charge in [-0.05, 0) is 184 Å². The Bertz CT molecular complexity index is 5190. The van der Waals surface area contributed by atoms with E-state index in [1.165, 1.54) is 94.6 Å². The Kier molecular flexibility index (Phi) is 9.01. The average molecular weight is 1090 g/mol.